The summed E-state index contributed by atoms with van der Waals surface area (Å²) in [6.07, 6.45) is 4.54. The van der Waals surface area contributed by atoms with Gasteiger partial charge in [0.25, 0.3) is 0 Å². The smallest absolute Gasteiger partial charge is 0.414 e. The minimum Gasteiger partial charge on any atom is -0.446 e. The molecule has 2 amide bonds. The molecular formula is C18H26ClNO5. The van der Waals surface area contributed by atoms with Gasteiger partial charge in [0.2, 0.25) is 5.91 Å². The molecule has 25 heavy (non-hydrogen) atoms. The average molecular weight is 372 g/mol. The number of epoxide rings is 2. The zero-order valence-electron chi connectivity index (χ0n) is 15.0. The highest BCUT2D eigenvalue weighted by molar-refractivity contribution is 6.28. The first kappa shape index (κ1) is 18.7. The van der Waals surface area contributed by atoms with E-state index in [1.165, 1.54) is 5.57 Å². The first-order valence-electron chi connectivity index (χ1n) is 8.80. The Morgan fingerprint density at radius 2 is 2.12 bits per heavy atom. The molecule has 1 aliphatic carbocycles. The number of carbonyl (C=O) groups excluding carboxylic acids is 2. The lowest BCUT2D eigenvalue weighted by Crippen LogP contribution is -2.45. The number of rotatable bonds is 5. The molecule has 7 heteroatoms. The Labute approximate surface area is 153 Å². The van der Waals surface area contributed by atoms with Crippen molar-refractivity contribution in [3.63, 3.8) is 0 Å². The summed E-state index contributed by atoms with van der Waals surface area (Å²) in [7, 11) is 0. The molecule has 2 aliphatic heterocycles. The molecule has 1 N–H and O–H groups in total. The van der Waals surface area contributed by atoms with Crippen LogP contribution < -0.4 is 5.32 Å². The fraction of sp³-hybridized carbons (Fsp3) is 0.778. The lowest BCUT2D eigenvalue weighted by Gasteiger charge is -2.36. The van der Waals surface area contributed by atoms with Crippen LogP contribution >= 0.6 is 11.6 Å². The number of amides is 2. The van der Waals surface area contributed by atoms with Crippen molar-refractivity contribution in [1.82, 2.24) is 5.32 Å². The standard InChI is InChI=1S/C18H26ClNO5/c1-11(2)4-5-14-17(3,25-14)13-8-12(6-7-18(13)10-23-18)24-16(22)20-15(21)9-19/h4,12-14H,5-10H2,1-3H3,(H,20,21,22)/t12-,13?,14?,17+,18?/m1/s1. The first-order valence-corrected chi connectivity index (χ1v) is 9.34. The third-order valence-electron chi connectivity index (χ3n) is 5.59. The van der Waals surface area contributed by atoms with E-state index in [0.29, 0.717) is 6.42 Å². The Morgan fingerprint density at radius 1 is 1.40 bits per heavy atom. The summed E-state index contributed by atoms with van der Waals surface area (Å²) in [4.78, 5) is 23.0. The molecule has 0 aromatic heterocycles. The van der Waals surface area contributed by atoms with Gasteiger partial charge in [-0.3, -0.25) is 10.1 Å². The number of hydrogen-bond acceptors (Lipinski definition) is 5. The molecule has 0 radical (unpaired) electrons. The van der Waals surface area contributed by atoms with Crippen LogP contribution in [0, 0.1) is 5.92 Å². The van der Waals surface area contributed by atoms with Crippen molar-refractivity contribution in [1.29, 1.82) is 0 Å². The van der Waals surface area contributed by atoms with Crippen LogP contribution in [0.2, 0.25) is 0 Å². The number of hydrogen-bond donors (Lipinski definition) is 1. The monoisotopic (exact) mass is 371 g/mol. The Morgan fingerprint density at radius 3 is 2.72 bits per heavy atom. The number of alkyl carbamates (subject to hydrolysis) is 1. The van der Waals surface area contributed by atoms with Gasteiger partial charge in [0.05, 0.1) is 23.9 Å². The predicted octanol–water partition coefficient (Wildman–Crippen LogP) is 2.93. The van der Waals surface area contributed by atoms with Gasteiger partial charge in [-0.1, -0.05) is 11.6 Å². The summed E-state index contributed by atoms with van der Waals surface area (Å²) in [5, 5.41) is 2.12. The highest BCUT2D eigenvalue weighted by Gasteiger charge is 2.68. The van der Waals surface area contributed by atoms with Gasteiger partial charge in [0, 0.05) is 5.92 Å². The van der Waals surface area contributed by atoms with Crippen LogP contribution in [0.15, 0.2) is 11.6 Å². The first-order chi connectivity index (χ1) is 11.8. The van der Waals surface area contributed by atoms with Crippen molar-refractivity contribution >= 4 is 23.6 Å². The Hall–Kier alpha value is -1.11. The number of ether oxygens (including phenoxy) is 3. The van der Waals surface area contributed by atoms with E-state index in [2.05, 4.69) is 32.2 Å². The van der Waals surface area contributed by atoms with Gasteiger partial charge in [0.15, 0.2) is 0 Å². The highest BCUT2D eigenvalue weighted by atomic mass is 35.5. The lowest BCUT2D eigenvalue weighted by molar-refractivity contribution is -0.118. The molecule has 2 heterocycles. The Kier molecular flexibility index (Phi) is 5.15. The van der Waals surface area contributed by atoms with Crippen LogP contribution in [-0.4, -0.2) is 47.9 Å². The van der Waals surface area contributed by atoms with E-state index in [4.69, 9.17) is 25.8 Å². The van der Waals surface area contributed by atoms with E-state index in [9.17, 15) is 9.59 Å². The van der Waals surface area contributed by atoms with Gasteiger partial charge in [-0.05, 0) is 46.5 Å². The van der Waals surface area contributed by atoms with Crippen molar-refractivity contribution in [2.45, 2.75) is 69.9 Å². The second kappa shape index (κ2) is 6.89. The summed E-state index contributed by atoms with van der Waals surface area (Å²) in [6.45, 7) is 7.03. The molecule has 3 aliphatic rings. The number of imide groups is 1. The van der Waals surface area contributed by atoms with Gasteiger partial charge < -0.3 is 14.2 Å². The van der Waals surface area contributed by atoms with Gasteiger partial charge >= 0.3 is 6.09 Å². The van der Waals surface area contributed by atoms with Crippen molar-refractivity contribution in [2.75, 3.05) is 12.5 Å². The van der Waals surface area contributed by atoms with Gasteiger partial charge in [-0.2, -0.15) is 0 Å². The molecule has 2 saturated heterocycles. The van der Waals surface area contributed by atoms with Crippen LogP contribution in [0.1, 0.15) is 46.5 Å². The van der Waals surface area contributed by atoms with Gasteiger partial charge in [-0.15, -0.1) is 11.6 Å². The Bertz CT molecular complexity index is 584. The van der Waals surface area contributed by atoms with E-state index >= 15 is 0 Å². The van der Waals surface area contributed by atoms with Crippen LogP contribution in [0.3, 0.4) is 0 Å². The lowest BCUT2D eigenvalue weighted by atomic mass is 9.70. The van der Waals surface area contributed by atoms with E-state index in [-0.39, 0.29) is 35.2 Å². The molecule has 0 bridgehead atoms. The molecular weight excluding hydrogens is 346 g/mol. The topological polar surface area (TPSA) is 80.5 Å². The van der Waals surface area contributed by atoms with Crippen molar-refractivity contribution < 1.29 is 23.8 Å². The molecule has 1 saturated carbocycles. The third kappa shape index (κ3) is 4.01. The van der Waals surface area contributed by atoms with Gasteiger partial charge in [-0.25, -0.2) is 4.79 Å². The number of allylic oxidation sites excluding steroid dienone is 1. The summed E-state index contributed by atoms with van der Waals surface area (Å²) in [5.41, 5.74) is 0.907. The minimum absolute atomic E-state index is 0.128. The fourth-order valence-corrected chi connectivity index (χ4v) is 4.08. The van der Waals surface area contributed by atoms with Crippen molar-refractivity contribution in [2.24, 2.45) is 5.92 Å². The SMILES string of the molecule is CC(C)=CCC1O[C@@]1(C)C1C[C@H](OC(=O)NC(=O)CCl)CCC12CO2. The maximum atomic E-state index is 11.8. The van der Waals surface area contributed by atoms with E-state index in [0.717, 1.165) is 25.9 Å². The summed E-state index contributed by atoms with van der Waals surface area (Å²) >= 11 is 5.39. The normalized spacial score (nSPS) is 38.8. The average Bonchev–Trinajstić information content (AvgIpc) is 3.45. The second-order valence-corrected chi connectivity index (χ2v) is 7.96. The number of alkyl halides is 1. The van der Waals surface area contributed by atoms with Crippen LogP contribution in [0.25, 0.3) is 0 Å². The maximum absolute atomic E-state index is 11.8. The zero-order chi connectivity index (χ0) is 18.2. The molecule has 3 fully saturated rings. The van der Waals surface area contributed by atoms with Crippen LogP contribution in [0.5, 0.6) is 0 Å². The molecule has 0 aromatic rings. The van der Waals surface area contributed by atoms with Crippen molar-refractivity contribution in [3.8, 4) is 0 Å². The van der Waals surface area contributed by atoms with Crippen LogP contribution in [0.4, 0.5) is 4.79 Å². The van der Waals surface area contributed by atoms with E-state index in [1.807, 2.05) is 0 Å². The molecule has 5 atom stereocenters. The third-order valence-corrected chi connectivity index (χ3v) is 5.83. The molecule has 1 spiro atoms. The fourth-order valence-electron chi connectivity index (χ4n) is 4.01. The molecule has 6 nitrogen and oxygen atoms in total. The second-order valence-electron chi connectivity index (χ2n) is 7.70. The zero-order valence-corrected chi connectivity index (χ0v) is 15.7. The predicted molar refractivity (Wildman–Crippen MR) is 92.5 cm³/mol. The van der Waals surface area contributed by atoms with Crippen LogP contribution in [-0.2, 0) is 19.0 Å². The largest absolute Gasteiger partial charge is 0.446 e. The molecule has 0 aromatic carbocycles. The molecule has 3 unspecified atom stereocenters. The summed E-state index contributed by atoms with van der Waals surface area (Å²) < 4.78 is 17.3. The summed E-state index contributed by atoms with van der Waals surface area (Å²) in [6, 6.07) is 0. The molecule has 140 valence electrons. The number of carbonyl (C=O) groups is 2. The number of halogens is 1. The molecule has 3 rings (SSSR count). The Balaban J connectivity index is 1.60. The summed E-state index contributed by atoms with van der Waals surface area (Å²) in [5.74, 6) is -0.636. The minimum atomic E-state index is -0.731. The number of nitrogens with one attached hydrogen (secondary N) is 1. The maximum Gasteiger partial charge on any atom is 0.414 e. The quantitative estimate of drug-likeness (QED) is 0.456. The highest BCUT2D eigenvalue weighted by Crippen LogP contribution is 2.59. The van der Waals surface area contributed by atoms with Gasteiger partial charge in [0.1, 0.15) is 12.0 Å². The van der Waals surface area contributed by atoms with E-state index in [1.54, 1.807) is 0 Å². The van der Waals surface area contributed by atoms with E-state index < -0.39 is 12.0 Å². The van der Waals surface area contributed by atoms with Crippen molar-refractivity contribution in [3.05, 3.63) is 11.6 Å².